The molecule has 1 heterocycles. The van der Waals surface area contributed by atoms with E-state index < -0.39 is 20.0 Å². The van der Waals surface area contributed by atoms with Crippen molar-refractivity contribution < 1.29 is 21.6 Å². The number of fused-ring (bicyclic) bond motifs is 1. The van der Waals surface area contributed by atoms with Crippen LogP contribution in [0.25, 0.3) is 0 Å². The van der Waals surface area contributed by atoms with Crippen LogP contribution in [0.1, 0.15) is 22.8 Å². The molecule has 0 unspecified atom stereocenters. The summed E-state index contributed by atoms with van der Waals surface area (Å²) < 4.78 is 47.8. The van der Waals surface area contributed by atoms with Crippen molar-refractivity contribution in [3.05, 3.63) is 53.6 Å². The largest absolute Gasteiger partial charge is 0.322 e. The number of carbonyl (C=O) groups excluding carboxylic acids is 1. The SMILES string of the molecule is C[C@H]1Cc2cc(C(=O)Nc3ccc(S(N)(=O)=O)cc3)ccc2N1S(C)(=O)=O. The third-order valence-corrected chi connectivity index (χ3v) is 6.49. The predicted molar refractivity (Wildman–Crippen MR) is 103 cm³/mol. The van der Waals surface area contributed by atoms with Crippen molar-refractivity contribution in [1.82, 2.24) is 0 Å². The Morgan fingerprint density at radius 1 is 1.11 bits per heavy atom. The summed E-state index contributed by atoms with van der Waals surface area (Å²) in [5, 5.41) is 7.72. The average Bonchev–Trinajstić information content (AvgIpc) is 2.89. The van der Waals surface area contributed by atoms with Crippen molar-refractivity contribution in [3.63, 3.8) is 0 Å². The van der Waals surface area contributed by atoms with E-state index in [1.807, 2.05) is 6.92 Å². The third-order valence-electron chi connectivity index (χ3n) is 4.29. The quantitative estimate of drug-likeness (QED) is 0.787. The Morgan fingerprint density at radius 3 is 2.30 bits per heavy atom. The van der Waals surface area contributed by atoms with E-state index in [2.05, 4.69) is 5.32 Å². The fourth-order valence-corrected chi connectivity index (χ4v) is 4.96. The second-order valence-electron chi connectivity index (χ2n) is 6.48. The number of hydrogen-bond donors (Lipinski definition) is 2. The molecule has 0 fully saturated rings. The van der Waals surface area contributed by atoms with Crippen molar-refractivity contribution in [2.75, 3.05) is 15.9 Å². The maximum atomic E-state index is 12.5. The molecule has 0 spiro atoms. The zero-order chi connectivity index (χ0) is 20.0. The first-order valence-electron chi connectivity index (χ1n) is 8.03. The number of nitrogens with two attached hydrogens (primary N) is 1. The first kappa shape index (κ1) is 19.3. The lowest BCUT2D eigenvalue weighted by molar-refractivity contribution is 0.102. The van der Waals surface area contributed by atoms with Gasteiger partial charge in [0.1, 0.15) is 0 Å². The number of nitrogens with one attached hydrogen (secondary N) is 1. The minimum atomic E-state index is -3.80. The molecule has 0 aromatic heterocycles. The molecular formula is C17H19N3O5S2. The molecule has 27 heavy (non-hydrogen) atoms. The van der Waals surface area contributed by atoms with Gasteiger partial charge in [0.25, 0.3) is 5.91 Å². The molecule has 10 heteroatoms. The normalized spacial score (nSPS) is 16.9. The second-order valence-corrected chi connectivity index (χ2v) is 9.90. The molecule has 1 aliphatic heterocycles. The number of carbonyl (C=O) groups is 1. The molecule has 3 N–H and O–H groups in total. The summed E-state index contributed by atoms with van der Waals surface area (Å²) in [4.78, 5) is 12.4. The summed E-state index contributed by atoms with van der Waals surface area (Å²) in [5.41, 5.74) is 2.16. The molecule has 0 saturated heterocycles. The van der Waals surface area contributed by atoms with Gasteiger partial charge in [0.15, 0.2) is 0 Å². The van der Waals surface area contributed by atoms with Gasteiger partial charge in [0.05, 0.1) is 16.8 Å². The van der Waals surface area contributed by atoms with E-state index in [-0.39, 0.29) is 16.8 Å². The van der Waals surface area contributed by atoms with Gasteiger partial charge < -0.3 is 5.32 Å². The summed E-state index contributed by atoms with van der Waals surface area (Å²) in [6.07, 6.45) is 1.68. The third kappa shape index (κ3) is 3.97. The Hall–Kier alpha value is -2.43. The first-order chi connectivity index (χ1) is 12.5. The van der Waals surface area contributed by atoms with E-state index in [1.165, 1.54) is 28.6 Å². The molecule has 2 aromatic carbocycles. The van der Waals surface area contributed by atoms with Crippen LogP contribution in [0.15, 0.2) is 47.4 Å². The average molecular weight is 409 g/mol. The highest BCUT2D eigenvalue weighted by Gasteiger charge is 2.32. The summed E-state index contributed by atoms with van der Waals surface area (Å²) in [7, 11) is -7.19. The standard InChI is InChI=1S/C17H19N3O5S2/c1-11-9-13-10-12(3-8-16(13)20(11)26(2,22)23)17(21)19-14-4-6-15(7-5-14)27(18,24)25/h3-8,10-11H,9H2,1-2H3,(H,19,21)(H2,18,24,25)/t11-/m0/s1. The van der Waals surface area contributed by atoms with Gasteiger partial charge in [-0.05, 0) is 61.4 Å². The maximum absolute atomic E-state index is 12.5. The summed E-state index contributed by atoms with van der Waals surface area (Å²) in [6, 6.07) is 10.1. The Kier molecular flexibility index (Phi) is 4.74. The van der Waals surface area contributed by atoms with Crippen LogP contribution in [0.5, 0.6) is 0 Å². The van der Waals surface area contributed by atoms with Crippen LogP contribution in [0, 0.1) is 0 Å². The molecule has 0 saturated carbocycles. The lowest BCUT2D eigenvalue weighted by Crippen LogP contribution is -2.34. The predicted octanol–water partition coefficient (Wildman–Crippen LogP) is 1.30. The molecule has 1 atom stereocenters. The molecule has 8 nitrogen and oxygen atoms in total. The van der Waals surface area contributed by atoms with E-state index in [0.717, 1.165) is 11.8 Å². The lowest BCUT2D eigenvalue weighted by Gasteiger charge is -2.21. The van der Waals surface area contributed by atoms with Crippen LogP contribution in [-0.2, 0) is 26.5 Å². The highest BCUT2D eigenvalue weighted by atomic mass is 32.2. The number of rotatable bonds is 4. The Balaban J connectivity index is 1.82. The number of anilines is 2. The van der Waals surface area contributed by atoms with E-state index >= 15 is 0 Å². The monoisotopic (exact) mass is 409 g/mol. The van der Waals surface area contributed by atoms with Crippen molar-refractivity contribution in [2.24, 2.45) is 5.14 Å². The highest BCUT2D eigenvalue weighted by Crippen LogP contribution is 2.34. The van der Waals surface area contributed by atoms with Crippen LogP contribution in [0.3, 0.4) is 0 Å². The summed E-state index contributed by atoms with van der Waals surface area (Å²) in [5.74, 6) is -0.383. The van der Waals surface area contributed by atoms with Crippen LogP contribution >= 0.6 is 0 Å². The minimum absolute atomic E-state index is 0.0483. The van der Waals surface area contributed by atoms with Gasteiger partial charge in [-0.1, -0.05) is 0 Å². The molecule has 2 aromatic rings. The number of primary sulfonamides is 1. The van der Waals surface area contributed by atoms with Crippen molar-refractivity contribution in [2.45, 2.75) is 24.3 Å². The van der Waals surface area contributed by atoms with E-state index in [9.17, 15) is 21.6 Å². The van der Waals surface area contributed by atoms with Gasteiger partial charge in [-0.2, -0.15) is 0 Å². The zero-order valence-electron chi connectivity index (χ0n) is 14.7. The van der Waals surface area contributed by atoms with Crippen molar-refractivity contribution in [1.29, 1.82) is 0 Å². The summed E-state index contributed by atoms with van der Waals surface area (Å²) >= 11 is 0. The van der Waals surface area contributed by atoms with Gasteiger partial charge in [-0.25, -0.2) is 22.0 Å². The molecule has 0 radical (unpaired) electrons. The van der Waals surface area contributed by atoms with Gasteiger partial charge in [0.2, 0.25) is 20.0 Å². The second kappa shape index (κ2) is 6.63. The Labute approximate surface area is 158 Å². The van der Waals surface area contributed by atoms with Crippen LogP contribution in [0.2, 0.25) is 0 Å². The fraction of sp³-hybridized carbons (Fsp3) is 0.235. The van der Waals surface area contributed by atoms with E-state index in [0.29, 0.717) is 23.4 Å². The van der Waals surface area contributed by atoms with Gasteiger partial charge in [-0.15, -0.1) is 0 Å². The molecular weight excluding hydrogens is 390 g/mol. The zero-order valence-corrected chi connectivity index (χ0v) is 16.3. The molecule has 1 amide bonds. The number of hydrogen-bond acceptors (Lipinski definition) is 5. The fourth-order valence-electron chi connectivity index (χ4n) is 3.18. The van der Waals surface area contributed by atoms with Crippen LogP contribution < -0.4 is 14.8 Å². The van der Waals surface area contributed by atoms with Crippen molar-refractivity contribution >= 4 is 37.3 Å². The van der Waals surface area contributed by atoms with Crippen molar-refractivity contribution in [3.8, 4) is 0 Å². The number of nitrogens with zero attached hydrogens (tertiary/aromatic N) is 1. The van der Waals surface area contributed by atoms with Gasteiger partial charge >= 0.3 is 0 Å². The Bertz CT molecular complexity index is 1110. The topological polar surface area (TPSA) is 127 Å². The number of sulfonamides is 2. The molecule has 0 aliphatic carbocycles. The maximum Gasteiger partial charge on any atom is 0.255 e. The molecule has 3 rings (SSSR count). The minimum Gasteiger partial charge on any atom is -0.322 e. The Morgan fingerprint density at radius 2 is 1.74 bits per heavy atom. The van der Waals surface area contributed by atoms with Gasteiger partial charge in [0, 0.05) is 17.3 Å². The van der Waals surface area contributed by atoms with Crippen LogP contribution in [-0.4, -0.2) is 35.0 Å². The van der Waals surface area contributed by atoms with E-state index in [4.69, 9.17) is 5.14 Å². The van der Waals surface area contributed by atoms with E-state index in [1.54, 1.807) is 18.2 Å². The molecule has 144 valence electrons. The summed E-state index contributed by atoms with van der Waals surface area (Å²) in [6.45, 7) is 1.81. The van der Waals surface area contributed by atoms with Crippen LogP contribution in [0.4, 0.5) is 11.4 Å². The molecule has 1 aliphatic rings. The first-order valence-corrected chi connectivity index (χ1v) is 11.4. The highest BCUT2D eigenvalue weighted by molar-refractivity contribution is 7.92. The van der Waals surface area contributed by atoms with Gasteiger partial charge in [-0.3, -0.25) is 9.10 Å². The number of amides is 1. The molecule has 0 bridgehead atoms. The smallest absolute Gasteiger partial charge is 0.255 e. The lowest BCUT2D eigenvalue weighted by atomic mass is 10.1. The number of benzene rings is 2.